The fourth-order valence-corrected chi connectivity index (χ4v) is 9.95. The Hall–Kier alpha value is -1.78. The second-order valence-corrected chi connectivity index (χ2v) is 13.9. The van der Waals surface area contributed by atoms with Gasteiger partial charge in [-0.2, -0.15) is 0 Å². The number of piperidine rings is 1. The number of halogens is 2. The number of amides is 2. The zero-order valence-electron chi connectivity index (χ0n) is 18.3. The molecule has 0 bridgehead atoms. The average Bonchev–Trinajstić information content (AvgIpc) is 3.40. The Morgan fingerprint density at radius 1 is 1.18 bits per heavy atom. The summed E-state index contributed by atoms with van der Waals surface area (Å²) in [6.07, 6.45) is 4.49. The van der Waals surface area contributed by atoms with E-state index in [1.807, 2.05) is 42.3 Å². The quantitative estimate of drug-likeness (QED) is 0.325. The van der Waals surface area contributed by atoms with Gasteiger partial charge in [-0.25, -0.2) is 0 Å². The molecule has 33 heavy (non-hydrogen) atoms. The van der Waals surface area contributed by atoms with Gasteiger partial charge in [0.15, 0.2) is 0 Å². The predicted molar refractivity (Wildman–Crippen MR) is 129 cm³/mol. The zero-order chi connectivity index (χ0) is 23.0. The van der Waals surface area contributed by atoms with Crippen molar-refractivity contribution in [2.75, 3.05) is 31.6 Å². The average molecular weight is 596 g/mol. The molecule has 9 heteroatoms. The first-order chi connectivity index (χ1) is 15.9. The minimum atomic E-state index is -0.402. The van der Waals surface area contributed by atoms with Crippen molar-refractivity contribution in [2.24, 2.45) is 5.41 Å². The Kier molecular flexibility index (Phi) is 6.59. The fraction of sp³-hybridized carbons (Fsp3) is 0.375. The Morgan fingerprint density at radius 3 is 2.61 bits per heavy atom. The van der Waals surface area contributed by atoms with Crippen LogP contribution in [0.4, 0.5) is 5.69 Å². The number of nitrogens with zero attached hydrogens (tertiary/aromatic N) is 3. The summed E-state index contributed by atoms with van der Waals surface area (Å²) in [7, 11) is 1.90. The number of hydrogen-bond donors (Lipinski definition) is 1. The van der Waals surface area contributed by atoms with E-state index in [0.29, 0.717) is 11.6 Å². The Bertz CT molecular complexity index is 1100. The monoisotopic (exact) mass is 595 g/mol. The van der Waals surface area contributed by atoms with Gasteiger partial charge < -0.3 is 4.90 Å². The number of likely N-dealkylation sites (tertiary alicyclic amines) is 1. The van der Waals surface area contributed by atoms with Crippen LogP contribution in [0.25, 0.3) is 3.58 Å². The van der Waals surface area contributed by atoms with Gasteiger partial charge in [-0.05, 0) is 0 Å². The summed E-state index contributed by atoms with van der Waals surface area (Å²) < 4.78 is 1.32. The number of rotatable bonds is 4. The van der Waals surface area contributed by atoms with Gasteiger partial charge in [0.25, 0.3) is 0 Å². The molecule has 2 fully saturated rings. The zero-order valence-corrected chi connectivity index (χ0v) is 22.0. The molecule has 4 heterocycles. The maximum absolute atomic E-state index is 12.8. The minimum Gasteiger partial charge on any atom is -0.274 e. The number of thioether (sulfide) groups is 1. The number of nitrogens with one attached hydrogen (secondary N) is 1. The van der Waals surface area contributed by atoms with Crippen molar-refractivity contribution in [1.82, 2.24) is 15.2 Å². The smallest absolute Gasteiger partial charge is 0.274 e. The van der Waals surface area contributed by atoms with Crippen LogP contribution in [0.1, 0.15) is 35.3 Å². The van der Waals surface area contributed by atoms with Crippen molar-refractivity contribution < 1.29 is 30.8 Å². The van der Waals surface area contributed by atoms with E-state index in [1.54, 1.807) is 24.0 Å². The number of aromatic nitrogens is 1. The third kappa shape index (κ3) is 4.61. The molecule has 1 unspecified atom stereocenters. The number of carbonyl (C=O) groups excluding carboxylic acids is 2. The van der Waals surface area contributed by atoms with E-state index < -0.39 is 21.2 Å². The molecule has 2 amide bonds. The van der Waals surface area contributed by atoms with E-state index in [-0.39, 0.29) is 14.7 Å². The van der Waals surface area contributed by atoms with Crippen LogP contribution in [-0.4, -0.2) is 51.8 Å². The summed E-state index contributed by atoms with van der Waals surface area (Å²) in [6.45, 7) is 2.54. The van der Waals surface area contributed by atoms with Gasteiger partial charge in [0.1, 0.15) is 0 Å². The second kappa shape index (κ2) is 9.46. The van der Waals surface area contributed by atoms with Crippen molar-refractivity contribution in [1.29, 1.82) is 0 Å². The molecule has 3 aliphatic heterocycles. The molecule has 1 aromatic carbocycles. The van der Waals surface area contributed by atoms with Crippen LogP contribution in [0.15, 0.2) is 48.0 Å². The number of benzene rings is 1. The van der Waals surface area contributed by atoms with Gasteiger partial charge in [0.05, 0.1) is 0 Å². The summed E-state index contributed by atoms with van der Waals surface area (Å²) in [5, 5.41) is 5.98. The van der Waals surface area contributed by atoms with Gasteiger partial charge in [0, 0.05) is 13.6 Å². The Labute approximate surface area is 213 Å². The van der Waals surface area contributed by atoms with Crippen molar-refractivity contribution in [3.8, 4) is 0 Å². The van der Waals surface area contributed by atoms with E-state index in [1.165, 1.54) is 3.58 Å². The first kappa shape index (κ1) is 23.0. The van der Waals surface area contributed by atoms with Gasteiger partial charge in [-0.1, -0.05) is 0 Å². The van der Waals surface area contributed by atoms with E-state index >= 15 is 0 Å². The van der Waals surface area contributed by atoms with E-state index in [9.17, 15) is 9.59 Å². The number of carbonyl (C=O) groups is 2. The first-order valence-electron chi connectivity index (χ1n) is 11.0. The summed E-state index contributed by atoms with van der Waals surface area (Å²) in [5.41, 5.74) is 2.33. The minimum absolute atomic E-state index is 0.0735. The standard InChI is InChI=1S/C24H25ClIN4O2S/c1-29-11-8-24(22(29)32)9-12-30(13-10-24)16-6-7-20(27-14-16)21(31)28-23-26-19(15-33-23)17-4-2-3-5-18(17)25/h2-7,14-15,23H,8-13H2,1H3,(H,28,31)/q-1. The molecule has 1 spiro atoms. The summed E-state index contributed by atoms with van der Waals surface area (Å²) in [6, 6.07) is 11.6. The first-order valence-corrected chi connectivity index (χ1v) is 14.6. The molecule has 6 nitrogen and oxygen atoms in total. The fourth-order valence-electron chi connectivity index (χ4n) is 4.65. The van der Waals surface area contributed by atoms with Crippen LogP contribution < -0.4 is 31.4 Å². The summed E-state index contributed by atoms with van der Waals surface area (Å²) in [5.74, 6) is 0.150. The topological polar surface area (TPSA) is 65.5 Å². The van der Waals surface area contributed by atoms with E-state index in [4.69, 9.17) is 11.6 Å². The SMILES string of the molecule is CN1CCC2(CCN(c3ccc(C(=O)NC4SC=C(c5ccccc5Cl)[I-]4)nc3)CC2)C1=O. The molecule has 174 valence electrons. The second-order valence-electron chi connectivity index (χ2n) is 8.63. The van der Waals surface area contributed by atoms with Crippen molar-refractivity contribution in [3.05, 3.63) is 64.3 Å². The molecular formula is C24H25ClIN4O2S-. The van der Waals surface area contributed by atoms with Crippen LogP contribution in [0.5, 0.6) is 0 Å². The van der Waals surface area contributed by atoms with Crippen molar-refractivity contribution >= 4 is 44.4 Å². The molecule has 2 saturated heterocycles. The summed E-state index contributed by atoms with van der Waals surface area (Å²) >= 11 is 7.57. The van der Waals surface area contributed by atoms with Crippen molar-refractivity contribution in [2.45, 2.75) is 22.6 Å². The Balaban J connectivity index is 1.16. The maximum atomic E-state index is 12.8. The molecular weight excluding hydrogens is 571 g/mol. The van der Waals surface area contributed by atoms with Gasteiger partial charge in [0.2, 0.25) is 0 Å². The molecule has 1 N–H and O–H groups in total. The van der Waals surface area contributed by atoms with Crippen LogP contribution in [0.2, 0.25) is 5.02 Å². The van der Waals surface area contributed by atoms with Crippen LogP contribution in [-0.2, 0) is 4.79 Å². The number of pyridine rings is 1. The number of anilines is 1. The molecule has 1 aromatic heterocycles. The number of hydrogen-bond acceptors (Lipinski definition) is 5. The molecule has 1 atom stereocenters. The Morgan fingerprint density at radius 2 is 1.94 bits per heavy atom. The van der Waals surface area contributed by atoms with E-state index in [0.717, 1.165) is 55.2 Å². The van der Waals surface area contributed by atoms with Crippen LogP contribution in [0, 0.1) is 5.41 Å². The molecule has 0 radical (unpaired) electrons. The predicted octanol–water partition coefficient (Wildman–Crippen LogP) is 1.03. The third-order valence-electron chi connectivity index (χ3n) is 6.68. The van der Waals surface area contributed by atoms with Gasteiger partial charge in [-0.3, -0.25) is 4.79 Å². The van der Waals surface area contributed by atoms with Crippen LogP contribution in [0.3, 0.4) is 0 Å². The van der Waals surface area contributed by atoms with E-state index in [2.05, 4.69) is 20.6 Å². The molecule has 2 aromatic rings. The van der Waals surface area contributed by atoms with Crippen LogP contribution >= 0.6 is 23.4 Å². The molecule has 0 saturated carbocycles. The van der Waals surface area contributed by atoms with Gasteiger partial charge >= 0.3 is 191 Å². The third-order valence-corrected chi connectivity index (χ3v) is 12.1. The molecule has 5 rings (SSSR count). The molecule has 0 aliphatic carbocycles. The number of alkyl halides is 1. The summed E-state index contributed by atoms with van der Waals surface area (Å²) in [4.78, 5) is 33.9. The normalized spacial score (nSPS) is 22.3. The molecule has 3 aliphatic rings. The van der Waals surface area contributed by atoms with Crippen molar-refractivity contribution in [3.63, 3.8) is 0 Å². The van der Waals surface area contributed by atoms with Gasteiger partial charge in [-0.15, -0.1) is 0 Å².